The lowest BCUT2D eigenvalue weighted by Crippen LogP contribution is -2.39. The molecule has 0 radical (unpaired) electrons. The van der Waals surface area contributed by atoms with Crippen molar-refractivity contribution in [1.82, 2.24) is 5.32 Å². The van der Waals surface area contributed by atoms with Crippen molar-refractivity contribution in [3.63, 3.8) is 0 Å². The van der Waals surface area contributed by atoms with E-state index in [9.17, 15) is 14.4 Å². The van der Waals surface area contributed by atoms with Crippen LogP contribution in [0.3, 0.4) is 0 Å². The molecular formula is C22H22N2O4. The summed E-state index contributed by atoms with van der Waals surface area (Å²) < 4.78 is 5.19. The lowest BCUT2D eigenvalue weighted by atomic mass is 10.0. The van der Waals surface area contributed by atoms with Crippen LogP contribution in [-0.4, -0.2) is 30.9 Å². The first kappa shape index (κ1) is 19.4. The molecule has 2 aromatic carbocycles. The molecule has 144 valence electrons. The maximum absolute atomic E-state index is 12.6. The molecular weight excluding hydrogens is 356 g/mol. The maximum Gasteiger partial charge on any atom is 0.355 e. The van der Waals surface area contributed by atoms with E-state index in [0.29, 0.717) is 6.54 Å². The summed E-state index contributed by atoms with van der Waals surface area (Å²) in [5.74, 6) is -1.43. The fourth-order valence-electron chi connectivity index (χ4n) is 3.13. The van der Waals surface area contributed by atoms with Gasteiger partial charge in [-0.15, -0.1) is 0 Å². The molecule has 0 aliphatic carbocycles. The fraction of sp³-hybridized carbons (Fsp3) is 0.227. The first-order valence-electron chi connectivity index (χ1n) is 9.14. The van der Waals surface area contributed by atoms with Gasteiger partial charge in [-0.3, -0.25) is 9.59 Å². The van der Waals surface area contributed by atoms with Crippen LogP contribution < -0.4 is 10.2 Å². The molecule has 0 saturated carbocycles. The minimum Gasteiger partial charge on any atom is -0.451 e. The van der Waals surface area contributed by atoms with E-state index >= 15 is 0 Å². The molecule has 0 bridgehead atoms. The van der Waals surface area contributed by atoms with Crippen LogP contribution in [0.1, 0.15) is 24.5 Å². The second kappa shape index (κ2) is 8.99. The van der Waals surface area contributed by atoms with Gasteiger partial charge in [-0.25, -0.2) is 4.79 Å². The first-order chi connectivity index (χ1) is 13.5. The Hall–Kier alpha value is -3.41. The minimum absolute atomic E-state index is 0.00876. The average Bonchev–Trinajstić information content (AvgIpc) is 2.71. The van der Waals surface area contributed by atoms with Gasteiger partial charge in [-0.2, -0.15) is 0 Å². The van der Waals surface area contributed by atoms with Gasteiger partial charge in [0.1, 0.15) is 5.70 Å². The van der Waals surface area contributed by atoms with Crippen LogP contribution in [0, 0.1) is 0 Å². The Bertz CT molecular complexity index is 906. The van der Waals surface area contributed by atoms with Crippen molar-refractivity contribution < 1.29 is 19.1 Å². The Morgan fingerprint density at radius 2 is 1.79 bits per heavy atom. The number of rotatable bonds is 5. The molecule has 1 aliphatic heterocycles. The van der Waals surface area contributed by atoms with Crippen LogP contribution in [0.5, 0.6) is 0 Å². The number of nitrogens with zero attached hydrogens (tertiary/aromatic N) is 1. The zero-order valence-electron chi connectivity index (χ0n) is 15.7. The van der Waals surface area contributed by atoms with Crippen molar-refractivity contribution >= 4 is 29.5 Å². The summed E-state index contributed by atoms with van der Waals surface area (Å²) in [5, 5.41) is 2.47. The van der Waals surface area contributed by atoms with Gasteiger partial charge in [0.25, 0.3) is 5.91 Å². The Morgan fingerprint density at radius 1 is 1.07 bits per heavy atom. The smallest absolute Gasteiger partial charge is 0.355 e. The van der Waals surface area contributed by atoms with Crippen molar-refractivity contribution in [3.05, 3.63) is 71.4 Å². The molecule has 0 spiro atoms. The number of amides is 2. The van der Waals surface area contributed by atoms with Gasteiger partial charge in [0.05, 0.1) is 0 Å². The van der Waals surface area contributed by atoms with Crippen molar-refractivity contribution in [2.75, 3.05) is 18.1 Å². The lowest BCUT2D eigenvalue weighted by Gasteiger charge is -2.29. The highest BCUT2D eigenvalue weighted by atomic mass is 16.5. The molecule has 6 heteroatoms. The number of hydrogen-bond acceptors (Lipinski definition) is 4. The quantitative estimate of drug-likeness (QED) is 0.641. The van der Waals surface area contributed by atoms with Crippen molar-refractivity contribution in [2.24, 2.45) is 0 Å². The number of para-hydroxylation sites is 1. The molecule has 1 heterocycles. The molecule has 2 amide bonds. The number of nitrogens with one attached hydrogen (secondary N) is 1. The predicted molar refractivity (Wildman–Crippen MR) is 106 cm³/mol. The Balaban J connectivity index is 1.68. The van der Waals surface area contributed by atoms with Crippen LogP contribution >= 0.6 is 0 Å². The van der Waals surface area contributed by atoms with Crippen LogP contribution in [0.25, 0.3) is 6.08 Å². The molecule has 0 fully saturated rings. The molecule has 0 saturated heterocycles. The average molecular weight is 378 g/mol. The van der Waals surface area contributed by atoms with E-state index in [4.69, 9.17) is 4.74 Å². The highest BCUT2D eigenvalue weighted by Crippen LogP contribution is 2.26. The molecule has 28 heavy (non-hydrogen) atoms. The number of carbonyl (C=O) groups excluding carboxylic acids is 3. The molecule has 0 atom stereocenters. The van der Waals surface area contributed by atoms with Gasteiger partial charge >= 0.3 is 5.97 Å². The van der Waals surface area contributed by atoms with E-state index in [1.807, 2.05) is 42.5 Å². The molecule has 3 rings (SSSR count). The van der Waals surface area contributed by atoms with Crippen LogP contribution in [0.2, 0.25) is 0 Å². The monoisotopic (exact) mass is 378 g/mol. The van der Waals surface area contributed by atoms with Gasteiger partial charge in [0, 0.05) is 19.2 Å². The number of ether oxygens (including phenoxy) is 1. The number of esters is 1. The number of fused-ring (bicyclic) bond motifs is 1. The van der Waals surface area contributed by atoms with Crippen molar-refractivity contribution in [3.8, 4) is 0 Å². The summed E-state index contributed by atoms with van der Waals surface area (Å²) in [4.78, 5) is 38.1. The Labute approximate surface area is 163 Å². The van der Waals surface area contributed by atoms with Gasteiger partial charge in [0.15, 0.2) is 6.61 Å². The standard InChI is InChI=1S/C22H22N2O4/c1-16(25)23-19(14-17-8-3-2-4-9-17)22(27)28-15-21(26)24-13-7-11-18-10-5-6-12-20(18)24/h2-6,8-10,12,14H,7,11,13,15H2,1H3,(H,23,25)/b19-14-. The summed E-state index contributed by atoms with van der Waals surface area (Å²) in [6, 6.07) is 16.8. The van der Waals surface area contributed by atoms with Crippen LogP contribution in [-0.2, 0) is 25.5 Å². The van der Waals surface area contributed by atoms with Gasteiger partial charge in [-0.1, -0.05) is 48.5 Å². The predicted octanol–water partition coefficient (Wildman–Crippen LogP) is 2.69. The summed E-state index contributed by atoms with van der Waals surface area (Å²) in [6.07, 6.45) is 3.30. The minimum atomic E-state index is -0.752. The summed E-state index contributed by atoms with van der Waals surface area (Å²) in [6.45, 7) is 1.51. The van der Waals surface area contributed by atoms with E-state index < -0.39 is 11.9 Å². The molecule has 0 aromatic heterocycles. The Morgan fingerprint density at radius 3 is 2.54 bits per heavy atom. The SMILES string of the molecule is CC(=O)N/C(=C\c1ccccc1)C(=O)OCC(=O)N1CCCc2ccccc21. The maximum atomic E-state index is 12.6. The third-order valence-electron chi connectivity index (χ3n) is 4.38. The summed E-state index contributed by atoms with van der Waals surface area (Å²) >= 11 is 0. The second-order valence-electron chi connectivity index (χ2n) is 6.50. The van der Waals surface area contributed by atoms with Gasteiger partial charge in [-0.05, 0) is 36.1 Å². The van der Waals surface area contributed by atoms with E-state index in [0.717, 1.165) is 29.7 Å². The largest absolute Gasteiger partial charge is 0.451 e. The summed E-state index contributed by atoms with van der Waals surface area (Å²) in [5.41, 5.74) is 2.69. The highest BCUT2D eigenvalue weighted by Gasteiger charge is 2.23. The molecule has 2 aromatic rings. The first-order valence-corrected chi connectivity index (χ1v) is 9.14. The van der Waals surface area contributed by atoms with Crippen molar-refractivity contribution in [1.29, 1.82) is 0 Å². The zero-order chi connectivity index (χ0) is 19.9. The number of carbonyl (C=O) groups is 3. The van der Waals surface area contributed by atoms with E-state index in [-0.39, 0.29) is 18.2 Å². The second-order valence-corrected chi connectivity index (χ2v) is 6.50. The zero-order valence-corrected chi connectivity index (χ0v) is 15.7. The van der Waals surface area contributed by atoms with E-state index in [1.54, 1.807) is 17.0 Å². The highest BCUT2D eigenvalue weighted by molar-refractivity contribution is 6.00. The normalized spacial score (nSPS) is 13.5. The topological polar surface area (TPSA) is 75.7 Å². The van der Waals surface area contributed by atoms with Crippen LogP contribution in [0.4, 0.5) is 5.69 Å². The fourth-order valence-corrected chi connectivity index (χ4v) is 3.13. The van der Waals surface area contributed by atoms with Gasteiger partial charge in [0.2, 0.25) is 5.91 Å². The number of anilines is 1. The van der Waals surface area contributed by atoms with Gasteiger partial charge < -0.3 is 15.0 Å². The van der Waals surface area contributed by atoms with E-state index in [2.05, 4.69) is 5.32 Å². The molecule has 1 aliphatic rings. The lowest BCUT2D eigenvalue weighted by molar-refractivity contribution is -0.144. The van der Waals surface area contributed by atoms with Crippen molar-refractivity contribution in [2.45, 2.75) is 19.8 Å². The molecule has 1 N–H and O–H groups in total. The third-order valence-corrected chi connectivity index (χ3v) is 4.38. The molecule has 6 nitrogen and oxygen atoms in total. The molecule has 0 unspecified atom stereocenters. The third kappa shape index (κ3) is 4.85. The van der Waals surface area contributed by atoms with E-state index in [1.165, 1.54) is 13.0 Å². The number of benzene rings is 2. The number of hydrogen-bond donors (Lipinski definition) is 1. The Kier molecular flexibility index (Phi) is 6.22. The van der Waals surface area contributed by atoms with Crippen LogP contribution in [0.15, 0.2) is 60.3 Å². The summed E-state index contributed by atoms with van der Waals surface area (Å²) in [7, 11) is 0. The number of aryl methyl sites for hydroxylation is 1.